The molecule has 1 aromatic carbocycles. The standard InChI is InChI=1S/C16H24O3/c1-4-6-7-11-19-16(17)13(3)14-9-8-10-15(12-14)18-5-2/h8-10,12-13H,4-7,11H2,1-3H3. The van der Waals surface area contributed by atoms with E-state index in [9.17, 15) is 4.79 Å². The lowest BCUT2D eigenvalue weighted by molar-refractivity contribution is -0.145. The molecule has 0 saturated carbocycles. The first-order valence-corrected chi connectivity index (χ1v) is 7.08. The number of ether oxygens (including phenoxy) is 2. The van der Waals surface area contributed by atoms with E-state index in [1.165, 1.54) is 0 Å². The molecule has 3 heteroatoms. The Balaban J connectivity index is 2.53. The molecule has 0 radical (unpaired) electrons. The molecule has 1 unspecified atom stereocenters. The molecule has 1 rings (SSSR count). The van der Waals surface area contributed by atoms with E-state index < -0.39 is 0 Å². The van der Waals surface area contributed by atoms with Crippen molar-refractivity contribution in [1.82, 2.24) is 0 Å². The average Bonchev–Trinajstić information content (AvgIpc) is 2.43. The molecule has 0 aliphatic rings. The van der Waals surface area contributed by atoms with Gasteiger partial charge in [-0.2, -0.15) is 0 Å². The van der Waals surface area contributed by atoms with Crippen LogP contribution < -0.4 is 4.74 Å². The fourth-order valence-electron chi connectivity index (χ4n) is 1.83. The molecule has 0 aliphatic heterocycles. The van der Waals surface area contributed by atoms with Gasteiger partial charge in [0.25, 0.3) is 0 Å². The Morgan fingerprint density at radius 2 is 2.05 bits per heavy atom. The lowest BCUT2D eigenvalue weighted by atomic mass is 10.0. The minimum atomic E-state index is -0.248. The zero-order valence-electron chi connectivity index (χ0n) is 12.1. The third-order valence-electron chi connectivity index (χ3n) is 3.01. The van der Waals surface area contributed by atoms with Gasteiger partial charge in [0.2, 0.25) is 0 Å². The Morgan fingerprint density at radius 3 is 2.74 bits per heavy atom. The van der Waals surface area contributed by atoms with E-state index >= 15 is 0 Å². The molecule has 0 N–H and O–H groups in total. The third-order valence-corrected chi connectivity index (χ3v) is 3.01. The second-order valence-electron chi connectivity index (χ2n) is 4.60. The van der Waals surface area contributed by atoms with E-state index in [0.717, 1.165) is 30.6 Å². The quantitative estimate of drug-likeness (QED) is 0.527. The first-order chi connectivity index (χ1) is 9.19. The summed E-state index contributed by atoms with van der Waals surface area (Å²) < 4.78 is 10.7. The number of carbonyl (C=O) groups excluding carboxylic acids is 1. The minimum absolute atomic E-state index is 0.162. The molecule has 0 saturated heterocycles. The van der Waals surface area contributed by atoms with Crippen LogP contribution >= 0.6 is 0 Å². The topological polar surface area (TPSA) is 35.5 Å². The molecule has 0 spiro atoms. The lowest BCUT2D eigenvalue weighted by Gasteiger charge is -2.13. The third kappa shape index (κ3) is 5.33. The molecular formula is C16H24O3. The molecule has 0 heterocycles. The van der Waals surface area contributed by atoms with Gasteiger partial charge in [0.1, 0.15) is 5.75 Å². The van der Waals surface area contributed by atoms with Crippen molar-refractivity contribution in [3.8, 4) is 5.75 Å². The fourth-order valence-corrected chi connectivity index (χ4v) is 1.83. The number of carbonyl (C=O) groups is 1. The van der Waals surface area contributed by atoms with Crippen molar-refractivity contribution >= 4 is 5.97 Å². The Hall–Kier alpha value is -1.51. The summed E-state index contributed by atoms with van der Waals surface area (Å²) in [5.41, 5.74) is 0.937. The molecule has 0 aliphatic carbocycles. The predicted molar refractivity (Wildman–Crippen MR) is 76.5 cm³/mol. The highest BCUT2D eigenvalue weighted by molar-refractivity contribution is 5.77. The smallest absolute Gasteiger partial charge is 0.313 e. The Bertz CT molecular complexity index is 387. The van der Waals surface area contributed by atoms with Crippen LogP contribution in [-0.4, -0.2) is 19.2 Å². The number of esters is 1. The monoisotopic (exact) mass is 264 g/mol. The van der Waals surface area contributed by atoms with Crippen LogP contribution in [0.1, 0.15) is 51.5 Å². The van der Waals surface area contributed by atoms with Crippen LogP contribution in [0.15, 0.2) is 24.3 Å². The average molecular weight is 264 g/mol. The molecule has 1 atom stereocenters. The second-order valence-corrected chi connectivity index (χ2v) is 4.60. The number of benzene rings is 1. The molecule has 0 aromatic heterocycles. The highest BCUT2D eigenvalue weighted by atomic mass is 16.5. The first-order valence-electron chi connectivity index (χ1n) is 7.08. The summed E-state index contributed by atoms with van der Waals surface area (Å²) in [7, 11) is 0. The maximum Gasteiger partial charge on any atom is 0.313 e. The molecule has 19 heavy (non-hydrogen) atoms. The van der Waals surface area contributed by atoms with Crippen molar-refractivity contribution < 1.29 is 14.3 Å². The van der Waals surface area contributed by atoms with Crippen molar-refractivity contribution in [2.45, 2.75) is 46.0 Å². The number of hydrogen-bond acceptors (Lipinski definition) is 3. The summed E-state index contributed by atoms with van der Waals surface area (Å²) in [4.78, 5) is 11.9. The van der Waals surface area contributed by atoms with E-state index in [4.69, 9.17) is 9.47 Å². The van der Waals surface area contributed by atoms with E-state index in [-0.39, 0.29) is 11.9 Å². The van der Waals surface area contributed by atoms with Crippen molar-refractivity contribution in [3.05, 3.63) is 29.8 Å². The van der Waals surface area contributed by atoms with Crippen LogP contribution in [0.3, 0.4) is 0 Å². The fraction of sp³-hybridized carbons (Fsp3) is 0.562. The number of rotatable bonds is 8. The van der Waals surface area contributed by atoms with E-state index in [1.54, 1.807) is 0 Å². The summed E-state index contributed by atoms with van der Waals surface area (Å²) in [6.07, 6.45) is 3.17. The zero-order valence-corrected chi connectivity index (χ0v) is 12.1. The van der Waals surface area contributed by atoms with Gasteiger partial charge in [0.15, 0.2) is 0 Å². The molecule has 0 amide bonds. The highest BCUT2D eigenvalue weighted by Crippen LogP contribution is 2.22. The molecule has 0 fully saturated rings. The maximum atomic E-state index is 11.9. The predicted octanol–water partition coefficient (Wildman–Crippen LogP) is 3.92. The highest BCUT2D eigenvalue weighted by Gasteiger charge is 2.17. The van der Waals surface area contributed by atoms with Crippen LogP contribution in [0.25, 0.3) is 0 Å². The van der Waals surface area contributed by atoms with Gasteiger partial charge in [0.05, 0.1) is 19.1 Å². The summed E-state index contributed by atoms with van der Waals surface area (Å²) in [5, 5.41) is 0. The van der Waals surface area contributed by atoms with Crippen LogP contribution in [0.4, 0.5) is 0 Å². The molecular weight excluding hydrogens is 240 g/mol. The summed E-state index contributed by atoms with van der Waals surface area (Å²) >= 11 is 0. The van der Waals surface area contributed by atoms with Crippen LogP contribution in [0.5, 0.6) is 5.75 Å². The SMILES string of the molecule is CCCCCOC(=O)C(C)c1cccc(OCC)c1. The van der Waals surface area contributed by atoms with Gasteiger partial charge < -0.3 is 9.47 Å². The first kappa shape index (κ1) is 15.5. The van der Waals surface area contributed by atoms with Crippen molar-refractivity contribution in [3.63, 3.8) is 0 Å². The normalized spacial score (nSPS) is 11.9. The van der Waals surface area contributed by atoms with Crippen molar-refractivity contribution in [1.29, 1.82) is 0 Å². The Kier molecular flexibility index (Phi) is 7.01. The van der Waals surface area contributed by atoms with E-state index in [1.807, 2.05) is 38.1 Å². The van der Waals surface area contributed by atoms with Gasteiger partial charge in [-0.3, -0.25) is 4.79 Å². The largest absolute Gasteiger partial charge is 0.494 e. The Morgan fingerprint density at radius 1 is 1.26 bits per heavy atom. The van der Waals surface area contributed by atoms with Crippen LogP contribution in [-0.2, 0) is 9.53 Å². The summed E-state index contributed by atoms with van der Waals surface area (Å²) in [6.45, 7) is 7.08. The van der Waals surface area contributed by atoms with Gasteiger partial charge in [-0.25, -0.2) is 0 Å². The zero-order chi connectivity index (χ0) is 14.1. The minimum Gasteiger partial charge on any atom is -0.494 e. The van der Waals surface area contributed by atoms with Gasteiger partial charge in [-0.1, -0.05) is 31.9 Å². The molecule has 3 nitrogen and oxygen atoms in total. The van der Waals surface area contributed by atoms with Gasteiger partial charge in [-0.05, 0) is 38.0 Å². The van der Waals surface area contributed by atoms with E-state index in [0.29, 0.717) is 13.2 Å². The summed E-state index contributed by atoms with van der Waals surface area (Å²) in [5.74, 6) is 0.386. The lowest BCUT2D eigenvalue weighted by Crippen LogP contribution is -2.14. The van der Waals surface area contributed by atoms with Gasteiger partial charge in [0, 0.05) is 0 Å². The van der Waals surface area contributed by atoms with Crippen molar-refractivity contribution in [2.75, 3.05) is 13.2 Å². The van der Waals surface area contributed by atoms with Gasteiger partial charge in [-0.15, -0.1) is 0 Å². The van der Waals surface area contributed by atoms with E-state index in [2.05, 4.69) is 6.92 Å². The number of hydrogen-bond donors (Lipinski definition) is 0. The second kappa shape index (κ2) is 8.57. The Labute approximate surface area is 115 Å². The maximum absolute atomic E-state index is 11.9. The van der Waals surface area contributed by atoms with Crippen LogP contribution in [0.2, 0.25) is 0 Å². The van der Waals surface area contributed by atoms with Crippen LogP contribution in [0, 0.1) is 0 Å². The summed E-state index contributed by atoms with van der Waals surface area (Å²) in [6, 6.07) is 7.63. The molecule has 0 bridgehead atoms. The molecule has 106 valence electrons. The van der Waals surface area contributed by atoms with Gasteiger partial charge >= 0.3 is 5.97 Å². The molecule has 1 aromatic rings. The van der Waals surface area contributed by atoms with Crippen molar-refractivity contribution in [2.24, 2.45) is 0 Å². The number of unbranched alkanes of at least 4 members (excludes halogenated alkanes) is 2.